The first kappa shape index (κ1) is 11.9. The molecule has 0 fully saturated rings. The van der Waals surface area contributed by atoms with Gasteiger partial charge in [-0.2, -0.15) is 0 Å². The first-order valence-electron chi connectivity index (χ1n) is 5.02. The monoisotopic (exact) mass is 209 g/mol. The fraction of sp³-hybridized carbons (Fsp3) is 0.500. The van der Waals surface area contributed by atoms with Crippen molar-refractivity contribution in [2.24, 2.45) is 5.73 Å². The molecular formula is C12H19NO2. The molecule has 0 spiro atoms. The molecule has 15 heavy (non-hydrogen) atoms. The lowest BCUT2D eigenvalue weighted by Gasteiger charge is -2.23. The Morgan fingerprint density at radius 1 is 1.20 bits per heavy atom. The van der Waals surface area contributed by atoms with Crippen LogP contribution in [-0.4, -0.2) is 12.7 Å². The summed E-state index contributed by atoms with van der Waals surface area (Å²) >= 11 is 0. The summed E-state index contributed by atoms with van der Waals surface area (Å²) in [6, 6.07) is 5.75. The van der Waals surface area contributed by atoms with Crippen LogP contribution in [-0.2, 0) is 6.54 Å². The number of hydrogen-bond acceptors (Lipinski definition) is 3. The summed E-state index contributed by atoms with van der Waals surface area (Å²) in [6.07, 6.45) is 0. The standard InChI is InChI=1S/C12H19NO2/c1-12(2,3)15-10-6-5-9(8-13)7-11(10)14-4/h5-7H,8,13H2,1-4H3. The maximum atomic E-state index is 5.76. The van der Waals surface area contributed by atoms with E-state index in [0.717, 1.165) is 17.1 Å². The summed E-state index contributed by atoms with van der Waals surface area (Å²) < 4.78 is 11.0. The average molecular weight is 209 g/mol. The van der Waals surface area contributed by atoms with E-state index >= 15 is 0 Å². The van der Waals surface area contributed by atoms with Crippen LogP contribution in [0.5, 0.6) is 11.5 Å². The van der Waals surface area contributed by atoms with Gasteiger partial charge in [0.05, 0.1) is 7.11 Å². The Morgan fingerprint density at radius 3 is 2.33 bits per heavy atom. The molecule has 1 rings (SSSR count). The zero-order valence-corrected chi connectivity index (χ0v) is 9.83. The molecule has 0 unspecified atom stereocenters. The predicted molar refractivity (Wildman–Crippen MR) is 61.3 cm³/mol. The largest absolute Gasteiger partial charge is 0.493 e. The van der Waals surface area contributed by atoms with Gasteiger partial charge >= 0.3 is 0 Å². The third-order valence-corrected chi connectivity index (χ3v) is 1.88. The second-order valence-electron chi connectivity index (χ2n) is 4.40. The van der Waals surface area contributed by atoms with Gasteiger partial charge in [0, 0.05) is 6.54 Å². The van der Waals surface area contributed by atoms with E-state index < -0.39 is 0 Å². The number of methoxy groups -OCH3 is 1. The summed E-state index contributed by atoms with van der Waals surface area (Å²) in [7, 11) is 1.63. The molecule has 0 atom stereocenters. The molecule has 2 N–H and O–H groups in total. The van der Waals surface area contributed by atoms with Crippen molar-refractivity contribution in [3.63, 3.8) is 0 Å². The van der Waals surface area contributed by atoms with Gasteiger partial charge in [0.25, 0.3) is 0 Å². The van der Waals surface area contributed by atoms with Gasteiger partial charge in [-0.25, -0.2) is 0 Å². The first-order chi connectivity index (χ1) is 6.96. The molecule has 84 valence electrons. The molecule has 1 aromatic carbocycles. The van der Waals surface area contributed by atoms with Crippen LogP contribution in [0.2, 0.25) is 0 Å². The third-order valence-electron chi connectivity index (χ3n) is 1.88. The Kier molecular flexibility index (Phi) is 3.58. The molecule has 3 heteroatoms. The van der Waals surface area contributed by atoms with Gasteiger partial charge in [-0.3, -0.25) is 0 Å². The zero-order valence-electron chi connectivity index (χ0n) is 9.83. The Hall–Kier alpha value is -1.22. The number of rotatable bonds is 3. The van der Waals surface area contributed by atoms with Crippen LogP contribution in [0.1, 0.15) is 26.3 Å². The minimum Gasteiger partial charge on any atom is -0.493 e. The molecule has 0 radical (unpaired) electrons. The number of hydrogen-bond donors (Lipinski definition) is 1. The highest BCUT2D eigenvalue weighted by atomic mass is 16.5. The van der Waals surface area contributed by atoms with E-state index in [1.165, 1.54) is 0 Å². The zero-order chi connectivity index (χ0) is 11.5. The van der Waals surface area contributed by atoms with Crippen LogP contribution < -0.4 is 15.2 Å². The van der Waals surface area contributed by atoms with Gasteiger partial charge in [0.2, 0.25) is 0 Å². The molecule has 0 saturated heterocycles. The lowest BCUT2D eigenvalue weighted by atomic mass is 10.1. The Labute approximate surface area is 91.2 Å². The topological polar surface area (TPSA) is 44.5 Å². The van der Waals surface area contributed by atoms with E-state index in [-0.39, 0.29) is 5.60 Å². The molecule has 0 amide bonds. The van der Waals surface area contributed by atoms with Gasteiger partial charge in [0.1, 0.15) is 5.60 Å². The quantitative estimate of drug-likeness (QED) is 0.831. The lowest BCUT2D eigenvalue weighted by molar-refractivity contribution is 0.125. The highest BCUT2D eigenvalue weighted by molar-refractivity contribution is 5.43. The number of nitrogens with two attached hydrogens (primary N) is 1. The maximum absolute atomic E-state index is 5.76. The van der Waals surface area contributed by atoms with Crippen molar-refractivity contribution in [3.05, 3.63) is 23.8 Å². The SMILES string of the molecule is COc1cc(CN)ccc1OC(C)(C)C. The second-order valence-corrected chi connectivity index (χ2v) is 4.40. The van der Waals surface area contributed by atoms with Crippen LogP contribution in [0.15, 0.2) is 18.2 Å². The maximum Gasteiger partial charge on any atom is 0.161 e. The normalized spacial score (nSPS) is 11.3. The van der Waals surface area contributed by atoms with Crippen molar-refractivity contribution in [2.75, 3.05) is 7.11 Å². The van der Waals surface area contributed by atoms with Crippen molar-refractivity contribution >= 4 is 0 Å². The fourth-order valence-corrected chi connectivity index (χ4v) is 1.25. The van der Waals surface area contributed by atoms with E-state index in [9.17, 15) is 0 Å². The van der Waals surface area contributed by atoms with Crippen molar-refractivity contribution in [2.45, 2.75) is 32.9 Å². The second kappa shape index (κ2) is 4.53. The van der Waals surface area contributed by atoms with Gasteiger partial charge < -0.3 is 15.2 Å². The fourth-order valence-electron chi connectivity index (χ4n) is 1.25. The highest BCUT2D eigenvalue weighted by Gasteiger charge is 2.15. The summed E-state index contributed by atoms with van der Waals surface area (Å²) in [5.41, 5.74) is 6.36. The number of ether oxygens (including phenoxy) is 2. The van der Waals surface area contributed by atoms with Gasteiger partial charge in [-0.15, -0.1) is 0 Å². The van der Waals surface area contributed by atoms with Crippen molar-refractivity contribution < 1.29 is 9.47 Å². The van der Waals surface area contributed by atoms with Crippen molar-refractivity contribution in [1.82, 2.24) is 0 Å². The minimum atomic E-state index is -0.225. The van der Waals surface area contributed by atoms with Crippen molar-refractivity contribution in [1.29, 1.82) is 0 Å². The molecule has 0 heterocycles. The van der Waals surface area contributed by atoms with Gasteiger partial charge in [-0.1, -0.05) is 6.07 Å². The van der Waals surface area contributed by atoms with Gasteiger partial charge in [-0.05, 0) is 38.5 Å². The van der Waals surface area contributed by atoms with E-state index in [1.54, 1.807) is 7.11 Å². The summed E-state index contributed by atoms with van der Waals surface area (Å²) in [4.78, 5) is 0. The molecule has 0 aliphatic carbocycles. The first-order valence-corrected chi connectivity index (χ1v) is 5.02. The van der Waals surface area contributed by atoms with E-state index in [1.807, 2.05) is 39.0 Å². The van der Waals surface area contributed by atoms with Crippen LogP contribution in [0.25, 0.3) is 0 Å². The Morgan fingerprint density at radius 2 is 1.87 bits per heavy atom. The highest BCUT2D eigenvalue weighted by Crippen LogP contribution is 2.30. The molecule has 0 aliphatic heterocycles. The molecule has 0 bridgehead atoms. The Balaban J connectivity index is 2.97. The van der Waals surface area contributed by atoms with Crippen LogP contribution in [0.3, 0.4) is 0 Å². The van der Waals surface area contributed by atoms with E-state index in [2.05, 4.69) is 0 Å². The molecule has 3 nitrogen and oxygen atoms in total. The van der Waals surface area contributed by atoms with E-state index in [4.69, 9.17) is 15.2 Å². The summed E-state index contributed by atoms with van der Waals surface area (Å²) in [5.74, 6) is 1.48. The van der Waals surface area contributed by atoms with Crippen LogP contribution in [0.4, 0.5) is 0 Å². The molecular weight excluding hydrogens is 190 g/mol. The molecule has 1 aromatic rings. The summed E-state index contributed by atoms with van der Waals surface area (Å²) in [5, 5.41) is 0. The molecule has 0 aliphatic rings. The lowest BCUT2D eigenvalue weighted by Crippen LogP contribution is -2.23. The third kappa shape index (κ3) is 3.44. The predicted octanol–water partition coefficient (Wildman–Crippen LogP) is 2.33. The average Bonchev–Trinajstić information content (AvgIpc) is 2.16. The Bertz CT molecular complexity index is 329. The van der Waals surface area contributed by atoms with E-state index in [0.29, 0.717) is 6.54 Å². The van der Waals surface area contributed by atoms with Crippen LogP contribution >= 0.6 is 0 Å². The molecule has 0 aromatic heterocycles. The van der Waals surface area contributed by atoms with Gasteiger partial charge in [0.15, 0.2) is 11.5 Å². The minimum absolute atomic E-state index is 0.225. The molecule has 0 saturated carbocycles. The smallest absolute Gasteiger partial charge is 0.161 e. The number of benzene rings is 1. The van der Waals surface area contributed by atoms with Crippen LogP contribution in [0, 0.1) is 0 Å². The summed E-state index contributed by atoms with van der Waals surface area (Å²) in [6.45, 7) is 6.52. The van der Waals surface area contributed by atoms with Crippen molar-refractivity contribution in [3.8, 4) is 11.5 Å².